The molecule has 1 aromatic rings. The van der Waals surface area contributed by atoms with Gasteiger partial charge in [0, 0.05) is 18.4 Å². The third-order valence-corrected chi connectivity index (χ3v) is 2.94. The van der Waals surface area contributed by atoms with E-state index in [2.05, 4.69) is 0 Å². The fourth-order valence-corrected chi connectivity index (χ4v) is 1.41. The minimum Gasteiger partial charge on any atom is -0.329 e. The van der Waals surface area contributed by atoms with Gasteiger partial charge in [-0.1, -0.05) is 37.6 Å². The van der Waals surface area contributed by atoms with Gasteiger partial charge in [0.05, 0.1) is 5.02 Å². The van der Waals surface area contributed by atoms with Crippen molar-refractivity contribution in [1.82, 2.24) is 0 Å². The van der Waals surface area contributed by atoms with Crippen LogP contribution in [0.1, 0.15) is 19.4 Å². The quantitative estimate of drug-likeness (QED) is 0.883. The van der Waals surface area contributed by atoms with Gasteiger partial charge >= 0.3 is 0 Å². The SMILES string of the molecule is CC(C)(CN)C(=O)Cc1cccc(Cl)c1F. The van der Waals surface area contributed by atoms with Crippen molar-refractivity contribution in [1.29, 1.82) is 0 Å². The van der Waals surface area contributed by atoms with E-state index in [-0.39, 0.29) is 23.8 Å². The van der Waals surface area contributed by atoms with Crippen molar-refractivity contribution in [2.24, 2.45) is 11.1 Å². The molecule has 0 aliphatic heterocycles. The summed E-state index contributed by atoms with van der Waals surface area (Å²) in [7, 11) is 0. The van der Waals surface area contributed by atoms with Crippen LogP contribution in [-0.4, -0.2) is 12.3 Å². The number of benzene rings is 1. The minimum absolute atomic E-state index is 0.0244. The third kappa shape index (κ3) is 2.80. The fourth-order valence-electron chi connectivity index (χ4n) is 1.21. The molecule has 2 N–H and O–H groups in total. The maximum atomic E-state index is 13.5. The molecule has 88 valence electrons. The molecule has 16 heavy (non-hydrogen) atoms. The zero-order valence-electron chi connectivity index (χ0n) is 9.39. The number of carbonyl (C=O) groups is 1. The second kappa shape index (κ2) is 4.93. The van der Waals surface area contributed by atoms with Crippen LogP contribution < -0.4 is 5.73 Å². The van der Waals surface area contributed by atoms with Gasteiger partial charge < -0.3 is 5.73 Å². The zero-order chi connectivity index (χ0) is 12.3. The molecule has 0 bridgehead atoms. The summed E-state index contributed by atoms with van der Waals surface area (Å²) in [5.41, 5.74) is 5.18. The Morgan fingerprint density at radius 2 is 2.12 bits per heavy atom. The van der Waals surface area contributed by atoms with Crippen molar-refractivity contribution in [3.8, 4) is 0 Å². The van der Waals surface area contributed by atoms with Crippen molar-refractivity contribution in [2.75, 3.05) is 6.54 Å². The Morgan fingerprint density at radius 3 is 2.69 bits per heavy atom. The highest BCUT2D eigenvalue weighted by Gasteiger charge is 2.26. The van der Waals surface area contributed by atoms with E-state index >= 15 is 0 Å². The monoisotopic (exact) mass is 243 g/mol. The summed E-state index contributed by atoms with van der Waals surface area (Å²) >= 11 is 5.63. The van der Waals surface area contributed by atoms with E-state index in [0.717, 1.165) is 0 Å². The molecule has 1 rings (SSSR count). The van der Waals surface area contributed by atoms with Crippen molar-refractivity contribution in [3.63, 3.8) is 0 Å². The molecule has 0 fully saturated rings. The summed E-state index contributed by atoms with van der Waals surface area (Å²) in [6.07, 6.45) is 0.0244. The Kier molecular flexibility index (Phi) is 4.05. The summed E-state index contributed by atoms with van der Waals surface area (Å²) in [4.78, 5) is 11.8. The smallest absolute Gasteiger partial charge is 0.145 e. The molecule has 0 amide bonds. The van der Waals surface area contributed by atoms with Crippen LogP contribution in [0.3, 0.4) is 0 Å². The number of halogens is 2. The molecule has 0 spiro atoms. The first-order chi connectivity index (χ1) is 7.38. The second-order valence-corrected chi connectivity index (χ2v) is 4.81. The lowest BCUT2D eigenvalue weighted by atomic mass is 9.85. The lowest BCUT2D eigenvalue weighted by molar-refractivity contribution is -0.126. The Morgan fingerprint density at radius 1 is 1.50 bits per heavy atom. The molecule has 0 saturated heterocycles. The molecule has 0 aliphatic carbocycles. The number of carbonyl (C=O) groups excluding carboxylic acids is 1. The first-order valence-electron chi connectivity index (χ1n) is 5.05. The molecule has 0 radical (unpaired) electrons. The van der Waals surface area contributed by atoms with Crippen LogP contribution in [0.25, 0.3) is 0 Å². The molecule has 0 saturated carbocycles. The van der Waals surface area contributed by atoms with E-state index in [9.17, 15) is 9.18 Å². The number of ketones is 1. The van der Waals surface area contributed by atoms with E-state index in [0.29, 0.717) is 5.56 Å². The van der Waals surface area contributed by atoms with E-state index in [4.69, 9.17) is 17.3 Å². The van der Waals surface area contributed by atoms with Gasteiger partial charge in [-0.15, -0.1) is 0 Å². The standard InChI is InChI=1S/C12H15ClFNO/c1-12(2,7-15)10(16)6-8-4-3-5-9(13)11(8)14/h3-5H,6-7,15H2,1-2H3. The second-order valence-electron chi connectivity index (χ2n) is 4.40. The van der Waals surface area contributed by atoms with Crippen LogP contribution >= 0.6 is 11.6 Å². The topological polar surface area (TPSA) is 43.1 Å². The van der Waals surface area contributed by atoms with Crippen LogP contribution in [0.15, 0.2) is 18.2 Å². The summed E-state index contributed by atoms with van der Waals surface area (Å²) in [5.74, 6) is -0.610. The summed E-state index contributed by atoms with van der Waals surface area (Å²) in [6, 6.07) is 4.65. The molecule has 0 atom stereocenters. The van der Waals surface area contributed by atoms with Gasteiger partial charge in [-0.3, -0.25) is 4.79 Å². The maximum Gasteiger partial charge on any atom is 0.145 e. The van der Waals surface area contributed by atoms with E-state index in [1.54, 1.807) is 26.0 Å². The number of hydrogen-bond acceptors (Lipinski definition) is 2. The summed E-state index contributed by atoms with van der Waals surface area (Å²) < 4.78 is 13.5. The third-order valence-electron chi connectivity index (χ3n) is 2.65. The largest absolute Gasteiger partial charge is 0.329 e. The molecular weight excluding hydrogens is 229 g/mol. The van der Waals surface area contributed by atoms with Crippen molar-refractivity contribution in [3.05, 3.63) is 34.6 Å². The predicted molar refractivity (Wildman–Crippen MR) is 63.0 cm³/mol. The first-order valence-corrected chi connectivity index (χ1v) is 5.42. The van der Waals surface area contributed by atoms with Crippen molar-refractivity contribution >= 4 is 17.4 Å². The summed E-state index contributed by atoms with van der Waals surface area (Å²) in [5, 5.41) is 0.0378. The first kappa shape index (κ1) is 13.1. The minimum atomic E-state index is -0.630. The van der Waals surface area contributed by atoms with Crippen LogP contribution in [0.2, 0.25) is 5.02 Å². The Hall–Kier alpha value is -0.930. The molecule has 0 unspecified atom stereocenters. The van der Waals surface area contributed by atoms with E-state index in [1.807, 2.05) is 0 Å². The molecule has 0 heterocycles. The van der Waals surface area contributed by atoms with Crippen molar-refractivity contribution < 1.29 is 9.18 Å². The molecule has 1 aromatic carbocycles. The van der Waals surface area contributed by atoms with Gasteiger partial charge in [-0.25, -0.2) is 4.39 Å². The fraction of sp³-hybridized carbons (Fsp3) is 0.417. The van der Waals surface area contributed by atoms with Crippen molar-refractivity contribution in [2.45, 2.75) is 20.3 Å². The summed E-state index contributed by atoms with van der Waals surface area (Å²) in [6.45, 7) is 3.74. The molecule has 0 aromatic heterocycles. The molecule has 2 nitrogen and oxygen atoms in total. The van der Waals surface area contributed by atoms with Crippen LogP contribution in [-0.2, 0) is 11.2 Å². The Balaban J connectivity index is 2.90. The number of nitrogens with two attached hydrogens (primary N) is 1. The normalized spacial score (nSPS) is 11.6. The van der Waals surface area contributed by atoms with Gasteiger partial charge in [-0.05, 0) is 11.6 Å². The van der Waals surface area contributed by atoms with Gasteiger partial charge in [0.25, 0.3) is 0 Å². The number of rotatable bonds is 4. The lowest BCUT2D eigenvalue weighted by Gasteiger charge is -2.20. The lowest BCUT2D eigenvalue weighted by Crippen LogP contribution is -2.34. The maximum absolute atomic E-state index is 13.5. The number of hydrogen-bond donors (Lipinski definition) is 1. The average molecular weight is 244 g/mol. The highest BCUT2D eigenvalue weighted by molar-refractivity contribution is 6.30. The predicted octanol–water partition coefficient (Wildman–Crippen LogP) is 2.58. The van der Waals surface area contributed by atoms with Crippen LogP contribution in [0, 0.1) is 11.2 Å². The van der Waals surface area contributed by atoms with Crippen LogP contribution in [0.4, 0.5) is 4.39 Å². The van der Waals surface area contributed by atoms with Gasteiger partial charge in [-0.2, -0.15) is 0 Å². The van der Waals surface area contributed by atoms with E-state index < -0.39 is 11.2 Å². The van der Waals surface area contributed by atoms with Crippen LogP contribution in [0.5, 0.6) is 0 Å². The van der Waals surface area contributed by atoms with Gasteiger partial charge in [0.1, 0.15) is 11.6 Å². The Labute approximate surface area is 99.6 Å². The average Bonchev–Trinajstić information content (AvgIpc) is 2.24. The Bertz CT molecular complexity index is 404. The highest BCUT2D eigenvalue weighted by Crippen LogP contribution is 2.22. The molecular formula is C12H15ClFNO. The molecule has 0 aliphatic rings. The van der Waals surface area contributed by atoms with Gasteiger partial charge in [0.2, 0.25) is 0 Å². The number of Topliss-reactive ketones (excluding diaryl/α,β-unsaturated/α-hetero) is 1. The molecule has 4 heteroatoms. The van der Waals surface area contributed by atoms with E-state index in [1.165, 1.54) is 6.07 Å². The van der Waals surface area contributed by atoms with Gasteiger partial charge in [0.15, 0.2) is 0 Å². The highest BCUT2D eigenvalue weighted by atomic mass is 35.5. The zero-order valence-corrected chi connectivity index (χ0v) is 10.1.